The molecule has 1 atom stereocenters. The zero-order chi connectivity index (χ0) is 14.2. The van der Waals surface area contributed by atoms with Crippen LogP contribution >= 0.6 is 0 Å². The average Bonchev–Trinajstić information content (AvgIpc) is 2.47. The van der Waals surface area contributed by atoms with Crippen LogP contribution in [0.4, 0.5) is 0 Å². The minimum absolute atomic E-state index is 0.0944. The van der Waals surface area contributed by atoms with Crippen LogP contribution in [-0.4, -0.2) is 44.2 Å². The topological polar surface area (TPSA) is 81.2 Å². The largest absolute Gasteiger partial charge is 0.490 e. The molecule has 0 radical (unpaired) electrons. The van der Waals surface area contributed by atoms with Crippen LogP contribution in [0.1, 0.15) is 6.42 Å². The van der Waals surface area contributed by atoms with Crippen molar-refractivity contribution in [3.05, 3.63) is 30.3 Å². The molecule has 1 fully saturated rings. The number of esters is 1. The summed E-state index contributed by atoms with van der Waals surface area (Å²) < 4.78 is 10.5. The van der Waals surface area contributed by atoms with Crippen molar-refractivity contribution in [1.82, 2.24) is 5.32 Å². The molecular formula is C14H19N2O4+. The number of benzene rings is 1. The molecule has 1 heterocycles. The van der Waals surface area contributed by atoms with E-state index in [0.29, 0.717) is 13.2 Å². The van der Waals surface area contributed by atoms with E-state index in [0.717, 1.165) is 12.3 Å². The summed E-state index contributed by atoms with van der Waals surface area (Å²) in [6, 6.07) is 8.95. The highest BCUT2D eigenvalue weighted by atomic mass is 16.6. The highest BCUT2D eigenvalue weighted by Crippen LogP contribution is 2.07. The third-order valence-corrected chi connectivity index (χ3v) is 2.98. The average molecular weight is 279 g/mol. The number of amides is 1. The number of piperazine rings is 1. The fraction of sp³-hybridized carbons (Fsp3) is 0.429. The number of quaternary nitrogens is 1. The summed E-state index contributed by atoms with van der Waals surface area (Å²) >= 11 is 0. The number of carbonyl (C=O) groups is 2. The molecule has 0 unspecified atom stereocenters. The van der Waals surface area contributed by atoms with Crippen molar-refractivity contribution in [2.24, 2.45) is 0 Å². The molecule has 6 nitrogen and oxygen atoms in total. The Hall–Kier alpha value is -2.08. The van der Waals surface area contributed by atoms with Gasteiger partial charge in [0, 0.05) is 0 Å². The van der Waals surface area contributed by atoms with Crippen molar-refractivity contribution in [2.75, 3.05) is 26.3 Å². The second-order valence-corrected chi connectivity index (χ2v) is 4.51. The maximum Gasteiger partial charge on any atom is 0.312 e. The molecule has 108 valence electrons. The maximum absolute atomic E-state index is 11.6. The molecule has 3 N–H and O–H groups in total. The molecule has 20 heavy (non-hydrogen) atoms. The maximum atomic E-state index is 11.6. The number of nitrogens with two attached hydrogens (primary N) is 1. The summed E-state index contributed by atoms with van der Waals surface area (Å²) in [6.45, 7) is 1.93. The van der Waals surface area contributed by atoms with Gasteiger partial charge in [0.05, 0.1) is 13.1 Å². The lowest BCUT2D eigenvalue weighted by Crippen LogP contribution is -2.96. The second kappa shape index (κ2) is 7.49. The predicted molar refractivity (Wildman–Crippen MR) is 71.1 cm³/mol. The fourth-order valence-electron chi connectivity index (χ4n) is 1.96. The molecule has 1 aliphatic heterocycles. The van der Waals surface area contributed by atoms with Crippen molar-refractivity contribution in [3.63, 3.8) is 0 Å². The fourth-order valence-corrected chi connectivity index (χ4v) is 1.96. The van der Waals surface area contributed by atoms with E-state index < -0.39 is 0 Å². The lowest BCUT2D eigenvalue weighted by atomic mass is 10.1. The normalized spacial score (nSPS) is 18.2. The van der Waals surface area contributed by atoms with Crippen molar-refractivity contribution in [1.29, 1.82) is 0 Å². The number of rotatable bonds is 6. The van der Waals surface area contributed by atoms with Crippen molar-refractivity contribution >= 4 is 11.9 Å². The van der Waals surface area contributed by atoms with Crippen LogP contribution in [0.25, 0.3) is 0 Å². The lowest BCUT2D eigenvalue weighted by molar-refractivity contribution is -0.678. The first-order valence-corrected chi connectivity index (χ1v) is 6.70. The van der Waals surface area contributed by atoms with Crippen LogP contribution in [0.2, 0.25) is 0 Å². The van der Waals surface area contributed by atoms with Gasteiger partial charge in [-0.2, -0.15) is 0 Å². The van der Waals surface area contributed by atoms with Gasteiger partial charge in [-0.05, 0) is 12.1 Å². The van der Waals surface area contributed by atoms with Crippen molar-refractivity contribution in [2.45, 2.75) is 12.5 Å². The number of hydrogen-bond donors (Lipinski definition) is 2. The van der Waals surface area contributed by atoms with Gasteiger partial charge in [-0.1, -0.05) is 18.2 Å². The van der Waals surface area contributed by atoms with E-state index in [1.54, 1.807) is 0 Å². The summed E-state index contributed by atoms with van der Waals surface area (Å²) in [5.74, 6) is 0.261. The summed E-state index contributed by atoms with van der Waals surface area (Å²) in [5, 5.41) is 4.59. The van der Waals surface area contributed by atoms with Crippen LogP contribution in [0.3, 0.4) is 0 Å². The molecule has 0 aliphatic carbocycles. The summed E-state index contributed by atoms with van der Waals surface area (Å²) in [5.41, 5.74) is 0. The van der Waals surface area contributed by atoms with E-state index in [1.807, 2.05) is 35.6 Å². The molecule has 1 saturated heterocycles. The van der Waals surface area contributed by atoms with Crippen LogP contribution in [0, 0.1) is 0 Å². The third-order valence-electron chi connectivity index (χ3n) is 2.98. The minimum atomic E-state index is -0.375. The quantitative estimate of drug-likeness (QED) is 0.520. The molecule has 1 aliphatic rings. The highest BCUT2D eigenvalue weighted by molar-refractivity contribution is 5.85. The van der Waals surface area contributed by atoms with Gasteiger partial charge >= 0.3 is 5.97 Å². The van der Waals surface area contributed by atoms with Crippen molar-refractivity contribution in [3.8, 4) is 5.75 Å². The van der Waals surface area contributed by atoms with Crippen LogP contribution in [-0.2, 0) is 14.3 Å². The summed E-state index contributed by atoms with van der Waals surface area (Å²) in [4.78, 5) is 23.1. The molecule has 0 spiro atoms. The van der Waals surface area contributed by atoms with Gasteiger partial charge in [-0.15, -0.1) is 0 Å². The number of ether oxygens (including phenoxy) is 2. The van der Waals surface area contributed by atoms with Gasteiger partial charge in [-0.25, -0.2) is 0 Å². The van der Waals surface area contributed by atoms with Crippen LogP contribution < -0.4 is 15.4 Å². The van der Waals surface area contributed by atoms with Crippen molar-refractivity contribution < 1.29 is 24.4 Å². The van der Waals surface area contributed by atoms with E-state index in [4.69, 9.17) is 9.47 Å². The minimum Gasteiger partial charge on any atom is -0.490 e. The van der Waals surface area contributed by atoms with E-state index in [2.05, 4.69) is 5.32 Å². The summed E-state index contributed by atoms with van der Waals surface area (Å²) in [6.07, 6.45) is 0.0944. The predicted octanol–water partition coefficient (Wildman–Crippen LogP) is -0.939. The molecule has 0 bridgehead atoms. The first-order valence-electron chi connectivity index (χ1n) is 6.70. The second-order valence-electron chi connectivity index (χ2n) is 4.51. The van der Waals surface area contributed by atoms with Gasteiger partial charge in [0.1, 0.15) is 25.4 Å². The van der Waals surface area contributed by atoms with Gasteiger partial charge in [0.2, 0.25) is 0 Å². The standard InChI is InChI=1S/C14H18N2O4/c17-13(10-12-14(18)16-7-6-15-12)20-9-8-19-11-4-2-1-3-5-11/h1-5,12,15H,6-10H2,(H,16,18)/p+1/t12-/m1/s1. The Kier molecular flexibility index (Phi) is 5.37. The third kappa shape index (κ3) is 4.55. The number of para-hydroxylation sites is 1. The molecule has 0 aromatic heterocycles. The van der Waals surface area contributed by atoms with Crippen LogP contribution in [0.5, 0.6) is 5.75 Å². The van der Waals surface area contributed by atoms with Gasteiger partial charge in [0.25, 0.3) is 5.91 Å². The Morgan fingerprint density at radius 1 is 1.30 bits per heavy atom. The van der Waals surface area contributed by atoms with Gasteiger partial charge < -0.3 is 20.1 Å². The number of nitrogens with one attached hydrogen (secondary N) is 1. The molecule has 2 rings (SSSR count). The van der Waals surface area contributed by atoms with Crippen LogP contribution in [0.15, 0.2) is 30.3 Å². The first-order chi connectivity index (χ1) is 9.75. The Morgan fingerprint density at radius 2 is 2.10 bits per heavy atom. The molecule has 1 aromatic rings. The SMILES string of the molecule is O=C(C[C@H]1[NH2+]CCNC1=O)OCCOc1ccccc1. The molecule has 1 aromatic carbocycles. The molecule has 1 amide bonds. The highest BCUT2D eigenvalue weighted by Gasteiger charge is 2.28. The van der Waals surface area contributed by atoms with Gasteiger partial charge in [-0.3, -0.25) is 9.59 Å². The first kappa shape index (κ1) is 14.3. The van der Waals surface area contributed by atoms with E-state index >= 15 is 0 Å². The Bertz CT molecular complexity index is 450. The summed E-state index contributed by atoms with van der Waals surface area (Å²) in [7, 11) is 0. The van der Waals surface area contributed by atoms with Gasteiger partial charge in [0.15, 0.2) is 6.04 Å². The monoisotopic (exact) mass is 279 g/mol. The Labute approximate surface area is 117 Å². The number of hydrogen-bond acceptors (Lipinski definition) is 4. The molecule has 0 saturated carbocycles. The Balaban J connectivity index is 1.61. The zero-order valence-corrected chi connectivity index (χ0v) is 11.2. The number of carbonyl (C=O) groups excluding carboxylic acids is 2. The molecular weight excluding hydrogens is 260 g/mol. The lowest BCUT2D eigenvalue weighted by Gasteiger charge is -2.19. The zero-order valence-electron chi connectivity index (χ0n) is 11.2. The molecule has 6 heteroatoms. The smallest absolute Gasteiger partial charge is 0.312 e. The van der Waals surface area contributed by atoms with E-state index in [1.165, 1.54) is 0 Å². The Morgan fingerprint density at radius 3 is 2.85 bits per heavy atom. The van der Waals surface area contributed by atoms with E-state index in [-0.39, 0.29) is 30.9 Å². The van der Waals surface area contributed by atoms with E-state index in [9.17, 15) is 9.59 Å².